The van der Waals surface area contributed by atoms with E-state index >= 15 is 0 Å². The summed E-state index contributed by atoms with van der Waals surface area (Å²) in [5.41, 5.74) is 0.844. The Morgan fingerprint density at radius 2 is 1.82 bits per heavy atom. The van der Waals surface area contributed by atoms with E-state index in [1.807, 2.05) is 6.92 Å². The molecule has 1 unspecified atom stereocenters. The SMILES string of the molecule is CCCCC1(CC(=O)O)Nc2ccc(NS(=O)(=O)c3ccc(F)cc3)cc2N1. The maximum absolute atomic E-state index is 13.0. The number of aliphatic carboxylic acids is 1. The molecule has 1 aliphatic rings. The number of hydrogen-bond donors (Lipinski definition) is 4. The predicted octanol–water partition coefficient (Wildman–Crippen LogP) is 3.83. The van der Waals surface area contributed by atoms with Crippen LogP contribution in [0.2, 0.25) is 0 Å². The third-order valence-electron chi connectivity index (χ3n) is 4.55. The summed E-state index contributed by atoms with van der Waals surface area (Å²) in [6.45, 7) is 2.03. The Hall–Kier alpha value is -2.81. The molecule has 0 saturated heterocycles. The zero-order valence-corrected chi connectivity index (χ0v) is 16.1. The Labute approximate surface area is 163 Å². The zero-order chi connectivity index (χ0) is 20.4. The van der Waals surface area contributed by atoms with Crippen molar-refractivity contribution in [3.63, 3.8) is 0 Å². The fourth-order valence-corrected chi connectivity index (χ4v) is 4.28. The average molecular weight is 407 g/mol. The van der Waals surface area contributed by atoms with Crippen molar-refractivity contribution in [3.05, 3.63) is 48.3 Å². The van der Waals surface area contributed by atoms with Crippen molar-refractivity contribution in [2.75, 3.05) is 15.4 Å². The highest BCUT2D eigenvalue weighted by atomic mass is 32.2. The molecule has 2 aromatic carbocycles. The Morgan fingerprint density at radius 3 is 2.46 bits per heavy atom. The number of rotatable bonds is 8. The third kappa shape index (κ3) is 4.36. The summed E-state index contributed by atoms with van der Waals surface area (Å²) in [6, 6.07) is 9.43. The molecule has 3 rings (SSSR count). The van der Waals surface area contributed by atoms with E-state index in [1.54, 1.807) is 18.2 Å². The van der Waals surface area contributed by atoms with Crippen molar-refractivity contribution in [1.82, 2.24) is 0 Å². The van der Waals surface area contributed by atoms with Crippen LogP contribution in [0.15, 0.2) is 47.4 Å². The number of carboxylic acids is 1. The lowest BCUT2D eigenvalue weighted by molar-refractivity contribution is -0.138. The van der Waals surface area contributed by atoms with Gasteiger partial charge in [-0.05, 0) is 55.3 Å². The molecular weight excluding hydrogens is 385 g/mol. The van der Waals surface area contributed by atoms with Crippen molar-refractivity contribution in [3.8, 4) is 0 Å². The fraction of sp³-hybridized carbons (Fsp3) is 0.316. The van der Waals surface area contributed by atoms with Crippen LogP contribution in [-0.2, 0) is 14.8 Å². The van der Waals surface area contributed by atoms with E-state index in [9.17, 15) is 22.7 Å². The maximum atomic E-state index is 13.0. The normalized spacial score (nSPS) is 18.1. The topological polar surface area (TPSA) is 108 Å². The van der Waals surface area contributed by atoms with Crippen molar-refractivity contribution in [1.29, 1.82) is 0 Å². The minimum absolute atomic E-state index is 0.0522. The number of unbranched alkanes of at least 4 members (excludes halogenated alkanes) is 1. The van der Waals surface area contributed by atoms with Gasteiger partial charge in [-0.2, -0.15) is 0 Å². The molecule has 4 N–H and O–H groups in total. The van der Waals surface area contributed by atoms with Crippen LogP contribution in [0.1, 0.15) is 32.6 Å². The molecule has 150 valence electrons. The lowest BCUT2D eigenvalue weighted by Gasteiger charge is -2.29. The largest absolute Gasteiger partial charge is 0.481 e. The first-order chi connectivity index (χ1) is 13.2. The minimum atomic E-state index is -3.87. The summed E-state index contributed by atoms with van der Waals surface area (Å²) in [5.74, 6) is -1.45. The molecule has 7 nitrogen and oxygen atoms in total. The smallest absolute Gasteiger partial charge is 0.307 e. The molecule has 0 aromatic heterocycles. The number of benzene rings is 2. The predicted molar refractivity (Wildman–Crippen MR) is 105 cm³/mol. The van der Waals surface area contributed by atoms with Crippen LogP contribution in [0.4, 0.5) is 21.5 Å². The highest BCUT2D eigenvalue weighted by molar-refractivity contribution is 7.92. The number of fused-ring (bicyclic) bond motifs is 1. The van der Waals surface area contributed by atoms with Gasteiger partial charge in [-0.3, -0.25) is 9.52 Å². The third-order valence-corrected chi connectivity index (χ3v) is 5.95. The summed E-state index contributed by atoms with van der Waals surface area (Å²) < 4.78 is 40.5. The number of nitrogens with one attached hydrogen (secondary N) is 3. The Bertz CT molecular complexity index is 979. The molecular formula is C19H22FN3O4S. The highest BCUT2D eigenvalue weighted by Gasteiger charge is 2.37. The van der Waals surface area contributed by atoms with Crippen LogP contribution in [-0.4, -0.2) is 25.2 Å². The molecule has 0 amide bonds. The Morgan fingerprint density at radius 1 is 1.14 bits per heavy atom. The number of carbonyl (C=O) groups is 1. The number of carboxylic acid groups (broad SMARTS) is 1. The monoisotopic (exact) mass is 407 g/mol. The van der Waals surface area contributed by atoms with Gasteiger partial charge in [0.15, 0.2) is 0 Å². The summed E-state index contributed by atoms with van der Waals surface area (Å²) in [4.78, 5) is 11.3. The van der Waals surface area contributed by atoms with E-state index in [4.69, 9.17) is 0 Å². The van der Waals surface area contributed by atoms with Gasteiger partial charge >= 0.3 is 5.97 Å². The van der Waals surface area contributed by atoms with Crippen LogP contribution in [0.3, 0.4) is 0 Å². The number of sulfonamides is 1. The van der Waals surface area contributed by atoms with Crippen LogP contribution < -0.4 is 15.4 Å². The van der Waals surface area contributed by atoms with Gasteiger partial charge in [0.1, 0.15) is 11.5 Å². The van der Waals surface area contributed by atoms with Gasteiger partial charge in [0.25, 0.3) is 10.0 Å². The molecule has 28 heavy (non-hydrogen) atoms. The van der Waals surface area contributed by atoms with Gasteiger partial charge in [0.2, 0.25) is 0 Å². The standard InChI is InChI=1S/C19H22FN3O4S/c1-2-3-10-19(12-18(24)25)21-16-9-6-14(11-17(16)22-19)23-28(26,27)15-7-4-13(20)5-8-15/h4-9,11,21-23H,2-3,10,12H2,1H3,(H,24,25). The Balaban J connectivity index is 1.82. The van der Waals surface area contributed by atoms with E-state index in [0.29, 0.717) is 23.5 Å². The lowest BCUT2D eigenvalue weighted by Crippen LogP contribution is -2.43. The van der Waals surface area contributed by atoms with E-state index < -0.39 is 27.5 Å². The summed E-state index contributed by atoms with van der Waals surface area (Å²) in [5, 5.41) is 15.7. The summed E-state index contributed by atoms with van der Waals surface area (Å²) in [7, 11) is -3.87. The lowest BCUT2D eigenvalue weighted by atomic mass is 9.99. The quantitative estimate of drug-likeness (QED) is 0.530. The second kappa shape index (κ2) is 7.67. The molecule has 2 aromatic rings. The molecule has 0 bridgehead atoms. The second-order valence-corrected chi connectivity index (χ2v) is 8.51. The van der Waals surface area contributed by atoms with E-state index in [-0.39, 0.29) is 11.3 Å². The first-order valence-electron chi connectivity index (χ1n) is 8.94. The average Bonchev–Trinajstić information content (AvgIpc) is 2.96. The van der Waals surface area contributed by atoms with E-state index in [2.05, 4.69) is 15.4 Å². The van der Waals surface area contributed by atoms with Gasteiger partial charge in [0.05, 0.1) is 28.4 Å². The zero-order valence-electron chi connectivity index (χ0n) is 15.3. The number of halogens is 1. The van der Waals surface area contributed by atoms with Crippen LogP contribution in [0.25, 0.3) is 0 Å². The van der Waals surface area contributed by atoms with Gasteiger partial charge in [-0.15, -0.1) is 0 Å². The molecule has 0 radical (unpaired) electrons. The van der Waals surface area contributed by atoms with Crippen molar-refractivity contribution in [2.24, 2.45) is 0 Å². The van der Waals surface area contributed by atoms with Gasteiger partial charge in [0, 0.05) is 0 Å². The van der Waals surface area contributed by atoms with E-state index in [1.165, 1.54) is 12.1 Å². The summed E-state index contributed by atoms with van der Waals surface area (Å²) >= 11 is 0. The van der Waals surface area contributed by atoms with Crippen LogP contribution in [0, 0.1) is 5.82 Å². The molecule has 1 heterocycles. The second-order valence-electron chi connectivity index (χ2n) is 6.83. The van der Waals surface area contributed by atoms with Gasteiger partial charge in [-0.25, -0.2) is 12.8 Å². The Kier molecular flexibility index (Phi) is 5.46. The molecule has 0 aliphatic carbocycles. The van der Waals surface area contributed by atoms with E-state index in [0.717, 1.165) is 25.0 Å². The fourth-order valence-electron chi connectivity index (χ4n) is 3.23. The molecule has 0 fully saturated rings. The first kappa shape index (κ1) is 19.9. The van der Waals surface area contributed by atoms with Crippen molar-refractivity contribution >= 4 is 33.1 Å². The van der Waals surface area contributed by atoms with Crippen LogP contribution in [0.5, 0.6) is 0 Å². The highest BCUT2D eigenvalue weighted by Crippen LogP contribution is 2.40. The number of anilines is 3. The maximum Gasteiger partial charge on any atom is 0.307 e. The number of hydrogen-bond acceptors (Lipinski definition) is 5. The summed E-state index contributed by atoms with van der Waals surface area (Å²) in [6.07, 6.45) is 2.26. The van der Waals surface area contributed by atoms with Crippen LogP contribution >= 0.6 is 0 Å². The molecule has 1 atom stereocenters. The first-order valence-corrected chi connectivity index (χ1v) is 10.4. The van der Waals surface area contributed by atoms with Gasteiger partial charge < -0.3 is 15.7 Å². The van der Waals surface area contributed by atoms with Crippen molar-refractivity contribution in [2.45, 2.75) is 43.2 Å². The molecule has 0 saturated carbocycles. The molecule has 1 aliphatic heterocycles. The minimum Gasteiger partial charge on any atom is -0.481 e. The molecule has 9 heteroatoms. The molecule has 0 spiro atoms. The van der Waals surface area contributed by atoms with Crippen molar-refractivity contribution < 1.29 is 22.7 Å². The van der Waals surface area contributed by atoms with Gasteiger partial charge in [-0.1, -0.05) is 13.3 Å².